The fourth-order valence-electron chi connectivity index (χ4n) is 4.13. The fourth-order valence-corrected chi connectivity index (χ4v) is 4.13. The normalized spacial score (nSPS) is 20.9. The monoisotopic (exact) mass is 491 g/mol. The van der Waals surface area contributed by atoms with Crippen LogP contribution in [-0.2, 0) is 33.8 Å². The molecule has 0 saturated carbocycles. The van der Waals surface area contributed by atoms with Gasteiger partial charge >= 0.3 is 0 Å². The number of hydrogen-bond donors (Lipinski definition) is 1. The minimum Gasteiger partial charge on any atom is -0.378 e. The minimum atomic E-state index is -0.329. The summed E-state index contributed by atoms with van der Waals surface area (Å²) in [6.07, 6.45) is 2.46. The average molecular weight is 492 g/mol. The van der Waals surface area contributed by atoms with Gasteiger partial charge in [-0.25, -0.2) is 4.68 Å². The Balaban J connectivity index is 1.52. The van der Waals surface area contributed by atoms with Crippen molar-refractivity contribution in [2.45, 2.75) is 45.1 Å². The second kappa shape index (κ2) is 12.4. The molecule has 0 radical (unpaired) electrons. The smallest absolute Gasteiger partial charge is 0.251 e. The Morgan fingerprint density at radius 1 is 1.00 bits per heavy atom. The Morgan fingerprint density at radius 2 is 1.78 bits per heavy atom. The predicted molar refractivity (Wildman–Crippen MR) is 134 cm³/mol. The van der Waals surface area contributed by atoms with E-state index in [0.29, 0.717) is 50.4 Å². The summed E-state index contributed by atoms with van der Waals surface area (Å²) in [5.74, 6) is -0.119. The predicted octanol–water partition coefficient (Wildman–Crippen LogP) is 2.78. The molecule has 36 heavy (non-hydrogen) atoms. The molecule has 3 heterocycles. The molecule has 0 fully saturated rings. The van der Waals surface area contributed by atoms with Gasteiger partial charge in [0.25, 0.3) is 5.91 Å². The molecule has 0 spiro atoms. The lowest BCUT2D eigenvalue weighted by Crippen LogP contribution is -2.40. The van der Waals surface area contributed by atoms with Gasteiger partial charge in [-0.05, 0) is 36.6 Å². The van der Waals surface area contributed by atoms with Gasteiger partial charge in [0.2, 0.25) is 5.91 Å². The number of nitrogens with zero attached hydrogens (tertiary/aromatic N) is 4. The summed E-state index contributed by atoms with van der Waals surface area (Å²) in [5, 5.41) is 11.2. The summed E-state index contributed by atoms with van der Waals surface area (Å²) in [7, 11) is 1.81. The first-order valence-corrected chi connectivity index (χ1v) is 12.3. The average Bonchev–Trinajstić information content (AvgIpc) is 3.36. The van der Waals surface area contributed by atoms with Gasteiger partial charge in [-0.2, -0.15) is 0 Å². The lowest BCUT2D eigenvalue weighted by atomic mass is 10.0. The van der Waals surface area contributed by atoms with E-state index in [1.807, 2.05) is 62.6 Å². The third kappa shape index (κ3) is 6.77. The minimum absolute atomic E-state index is 0.0296. The lowest BCUT2D eigenvalue weighted by molar-refractivity contribution is -0.135. The van der Waals surface area contributed by atoms with Crippen molar-refractivity contribution >= 4 is 11.8 Å². The van der Waals surface area contributed by atoms with Crippen LogP contribution in [0.4, 0.5) is 0 Å². The van der Waals surface area contributed by atoms with E-state index in [2.05, 4.69) is 15.6 Å². The molecule has 9 heteroatoms. The number of fused-ring (bicyclic) bond motifs is 15. The number of nitrogens with one attached hydrogen (secondary N) is 1. The van der Waals surface area contributed by atoms with Gasteiger partial charge in [0.15, 0.2) is 0 Å². The molecule has 2 aliphatic heterocycles. The Kier molecular flexibility index (Phi) is 8.80. The maximum atomic E-state index is 13.1. The van der Waals surface area contributed by atoms with Crippen molar-refractivity contribution in [3.8, 4) is 0 Å². The first kappa shape index (κ1) is 25.5. The van der Waals surface area contributed by atoms with E-state index in [4.69, 9.17) is 9.47 Å². The zero-order valence-electron chi connectivity index (χ0n) is 20.8. The molecule has 0 unspecified atom stereocenters. The van der Waals surface area contributed by atoms with Gasteiger partial charge in [0, 0.05) is 25.6 Å². The fraction of sp³-hybridized carbons (Fsp3) is 0.407. The SMILES string of the molecule is C[C@H]1[C@@H](c2ccccc2)OCc2cn(nn2)CCOCCNC(=O)c2ccc(cc2)CCC(=O)N1C. The van der Waals surface area contributed by atoms with Crippen LogP contribution in [0.15, 0.2) is 60.8 Å². The van der Waals surface area contributed by atoms with E-state index in [0.717, 1.165) is 11.1 Å². The third-order valence-electron chi connectivity index (χ3n) is 6.41. The highest BCUT2D eigenvalue weighted by Gasteiger charge is 2.27. The van der Waals surface area contributed by atoms with Gasteiger partial charge in [-0.1, -0.05) is 47.7 Å². The quantitative estimate of drug-likeness (QED) is 0.562. The van der Waals surface area contributed by atoms with Crippen LogP contribution in [-0.4, -0.2) is 64.6 Å². The molecule has 1 N–H and O–H groups in total. The number of benzene rings is 2. The van der Waals surface area contributed by atoms with Crippen LogP contribution >= 0.6 is 0 Å². The van der Waals surface area contributed by atoms with Crippen LogP contribution in [0.25, 0.3) is 0 Å². The van der Waals surface area contributed by atoms with Crippen molar-refractivity contribution in [3.05, 3.63) is 83.2 Å². The topological polar surface area (TPSA) is 98.6 Å². The highest BCUT2D eigenvalue weighted by Crippen LogP contribution is 2.26. The molecule has 4 bridgehead atoms. The molecule has 1 aromatic heterocycles. The van der Waals surface area contributed by atoms with Crippen LogP contribution in [0, 0.1) is 0 Å². The zero-order valence-corrected chi connectivity index (χ0v) is 20.8. The van der Waals surface area contributed by atoms with Crippen molar-refractivity contribution in [1.82, 2.24) is 25.2 Å². The van der Waals surface area contributed by atoms with E-state index in [1.54, 1.807) is 21.7 Å². The third-order valence-corrected chi connectivity index (χ3v) is 6.41. The molecule has 0 saturated heterocycles. The maximum Gasteiger partial charge on any atom is 0.251 e. The first-order chi connectivity index (χ1) is 17.5. The molecule has 3 aromatic rings. The van der Waals surface area contributed by atoms with E-state index >= 15 is 0 Å². The molecule has 2 aliphatic rings. The van der Waals surface area contributed by atoms with Gasteiger partial charge in [-0.3, -0.25) is 9.59 Å². The number of aromatic nitrogens is 3. The van der Waals surface area contributed by atoms with Gasteiger partial charge in [0.05, 0.1) is 38.6 Å². The Bertz CT molecular complexity index is 1130. The summed E-state index contributed by atoms with van der Waals surface area (Å²) in [5.41, 5.74) is 3.28. The number of carbonyl (C=O) groups excluding carboxylic acids is 2. The van der Waals surface area contributed by atoms with Gasteiger partial charge in [-0.15, -0.1) is 5.10 Å². The number of ether oxygens (including phenoxy) is 2. The van der Waals surface area contributed by atoms with Crippen molar-refractivity contribution in [2.75, 3.05) is 26.8 Å². The van der Waals surface area contributed by atoms with Crippen LogP contribution in [0.3, 0.4) is 0 Å². The number of likely N-dealkylation sites (N-methyl/N-ethyl adjacent to an activating group) is 1. The second-order valence-electron chi connectivity index (χ2n) is 8.93. The summed E-state index contributed by atoms with van der Waals surface area (Å²) >= 11 is 0. The van der Waals surface area contributed by atoms with Gasteiger partial charge < -0.3 is 19.7 Å². The lowest BCUT2D eigenvalue weighted by Gasteiger charge is -2.32. The molecule has 5 rings (SSSR count). The molecule has 190 valence electrons. The van der Waals surface area contributed by atoms with Gasteiger partial charge in [0.1, 0.15) is 11.8 Å². The summed E-state index contributed by atoms with van der Waals surface area (Å²) < 4.78 is 13.7. The van der Waals surface area contributed by atoms with E-state index in [-0.39, 0.29) is 30.6 Å². The van der Waals surface area contributed by atoms with E-state index in [1.165, 1.54) is 0 Å². The standard InChI is InChI=1S/C27H33N5O4/c1-20-26(22-6-4-3-5-7-22)36-19-24-18-32(30-29-24)15-17-35-16-14-28-27(34)23-11-8-21(9-12-23)10-13-25(33)31(20)2/h3-9,11-12,18,20,26H,10,13-17,19H2,1-2H3,(H,28,34)/t20-,26-/m0/s1. The molecule has 9 nitrogen and oxygen atoms in total. The van der Waals surface area contributed by atoms with E-state index < -0.39 is 0 Å². The highest BCUT2D eigenvalue weighted by molar-refractivity contribution is 5.94. The number of carbonyl (C=O) groups is 2. The number of hydrogen-bond acceptors (Lipinski definition) is 6. The summed E-state index contributed by atoms with van der Waals surface area (Å²) in [6.45, 7) is 4.07. The molecule has 0 aliphatic carbocycles. The second-order valence-corrected chi connectivity index (χ2v) is 8.93. The van der Waals surface area contributed by atoms with Crippen molar-refractivity contribution in [2.24, 2.45) is 0 Å². The van der Waals surface area contributed by atoms with Crippen LogP contribution in [0.1, 0.15) is 46.6 Å². The number of amides is 2. The van der Waals surface area contributed by atoms with E-state index in [9.17, 15) is 9.59 Å². The number of rotatable bonds is 1. The van der Waals surface area contributed by atoms with Crippen molar-refractivity contribution in [3.63, 3.8) is 0 Å². The molecule has 2 atom stereocenters. The Morgan fingerprint density at radius 3 is 2.56 bits per heavy atom. The Labute approximate surface area is 211 Å². The van der Waals surface area contributed by atoms with Crippen molar-refractivity contribution in [1.29, 1.82) is 0 Å². The summed E-state index contributed by atoms with van der Waals surface area (Å²) in [4.78, 5) is 27.2. The first-order valence-electron chi connectivity index (χ1n) is 12.3. The molecule has 2 amide bonds. The molecule has 2 aromatic carbocycles. The Hall–Kier alpha value is -3.56. The molecular weight excluding hydrogens is 458 g/mol. The molecular formula is C27H33N5O4. The van der Waals surface area contributed by atoms with Crippen LogP contribution in [0.5, 0.6) is 0 Å². The van der Waals surface area contributed by atoms with Crippen LogP contribution < -0.4 is 5.32 Å². The summed E-state index contributed by atoms with van der Waals surface area (Å²) in [6, 6.07) is 17.1. The largest absolute Gasteiger partial charge is 0.378 e. The van der Waals surface area contributed by atoms with Crippen molar-refractivity contribution < 1.29 is 19.1 Å². The maximum absolute atomic E-state index is 13.1. The number of aryl methyl sites for hydroxylation is 1. The highest BCUT2D eigenvalue weighted by atomic mass is 16.5. The van der Waals surface area contributed by atoms with Crippen LogP contribution in [0.2, 0.25) is 0 Å². The zero-order chi connectivity index (χ0) is 25.3.